The Hall–Kier alpha value is -2.42. The second-order valence-electron chi connectivity index (χ2n) is 3.89. The van der Waals surface area contributed by atoms with Crippen LogP contribution in [-0.4, -0.2) is 50.1 Å². The van der Waals surface area contributed by atoms with Gasteiger partial charge in [0.15, 0.2) is 0 Å². The van der Waals surface area contributed by atoms with Crippen LogP contribution < -0.4 is 11.1 Å². The Balaban J connectivity index is 2.56. The number of nitrogens with zero attached hydrogens (tertiary/aromatic N) is 1. The molecule has 1 aromatic heterocycles. The van der Waals surface area contributed by atoms with Gasteiger partial charge in [0.2, 0.25) is 5.91 Å². The van der Waals surface area contributed by atoms with Crippen molar-refractivity contribution in [2.75, 3.05) is 0 Å². The lowest BCUT2D eigenvalue weighted by molar-refractivity contribution is -0.142. The monoisotopic (exact) mass is 270 g/mol. The van der Waals surface area contributed by atoms with Gasteiger partial charge in [0.05, 0.1) is 12.7 Å². The molecule has 0 aliphatic rings. The van der Waals surface area contributed by atoms with Crippen LogP contribution in [-0.2, 0) is 20.8 Å². The maximum Gasteiger partial charge on any atom is 0.326 e. The van der Waals surface area contributed by atoms with E-state index in [-0.39, 0.29) is 6.42 Å². The van der Waals surface area contributed by atoms with Crippen LogP contribution in [0.4, 0.5) is 0 Å². The minimum Gasteiger partial charge on any atom is -0.480 e. The van der Waals surface area contributed by atoms with E-state index < -0.39 is 36.4 Å². The Kier molecular flexibility index (Phi) is 5.01. The molecular formula is C10H14N4O5. The van der Waals surface area contributed by atoms with Crippen LogP contribution in [0, 0.1) is 0 Å². The van der Waals surface area contributed by atoms with Gasteiger partial charge in [0.1, 0.15) is 12.1 Å². The molecule has 1 amide bonds. The van der Waals surface area contributed by atoms with Crippen LogP contribution in [0.15, 0.2) is 12.5 Å². The summed E-state index contributed by atoms with van der Waals surface area (Å²) in [5.74, 6) is -3.29. The van der Waals surface area contributed by atoms with Gasteiger partial charge >= 0.3 is 11.9 Å². The van der Waals surface area contributed by atoms with E-state index in [9.17, 15) is 14.4 Å². The molecule has 0 fully saturated rings. The van der Waals surface area contributed by atoms with Gasteiger partial charge in [-0.25, -0.2) is 9.78 Å². The Morgan fingerprint density at radius 3 is 2.53 bits per heavy atom. The lowest BCUT2D eigenvalue weighted by Crippen LogP contribution is -2.45. The quantitative estimate of drug-likeness (QED) is 0.396. The third-order valence-electron chi connectivity index (χ3n) is 2.33. The van der Waals surface area contributed by atoms with E-state index in [4.69, 9.17) is 15.9 Å². The molecule has 104 valence electrons. The smallest absolute Gasteiger partial charge is 0.326 e. The summed E-state index contributed by atoms with van der Waals surface area (Å²) in [5.41, 5.74) is 5.72. The largest absolute Gasteiger partial charge is 0.480 e. The number of aromatic nitrogens is 2. The molecule has 0 saturated heterocycles. The van der Waals surface area contributed by atoms with E-state index >= 15 is 0 Å². The number of imidazole rings is 1. The van der Waals surface area contributed by atoms with Crippen LogP contribution >= 0.6 is 0 Å². The minimum absolute atomic E-state index is 0.0172. The summed E-state index contributed by atoms with van der Waals surface area (Å²) in [4.78, 5) is 39.4. The Morgan fingerprint density at radius 2 is 2.05 bits per heavy atom. The highest BCUT2D eigenvalue weighted by atomic mass is 16.4. The number of hydrogen-bond acceptors (Lipinski definition) is 5. The summed E-state index contributed by atoms with van der Waals surface area (Å²) >= 11 is 0. The zero-order valence-corrected chi connectivity index (χ0v) is 9.87. The lowest BCUT2D eigenvalue weighted by Gasteiger charge is -2.14. The first-order valence-corrected chi connectivity index (χ1v) is 5.38. The first kappa shape index (κ1) is 14.6. The predicted molar refractivity (Wildman–Crippen MR) is 62.1 cm³/mol. The number of aromatic amines is 1. The first-order valence-electron chi connectivity index (χ1n) is 5.38. The maximum absolute atomic E-state index is 11.5. The minimum atomic E-state index is -1.36. The summed E-state index contributed by atoms with van der Waals surface area (Å²) in [6, 6.07) is -2.53. The standard InChI is InChI=1S/C10H14N4O5/c11-6(9(16)17)2-8(15)14-7(10(18)19)1-5-3-12-4-13-5/h3-4,6-7H,1-2,11H2,(H,12,13)(H,14,15)(H,16,17)(H,18,19)/t6-,7?/m0/s1. The molecule has 1 heterocycles. The summed E-state index contributed by atoms with van der Waals surface area (Å²) in [6.45, 7) is 0. The number of hydrogen-bond donors (Lipinski definition) is 5. The van der Waals surface area contributed by atoms with Crippen molar-refractivity contribution in [1.29, 1.82) is 0 Å². The van der Waals surface area contributed by atoms with Crippen LogP contribution in [0.25, 0.3) is 0 Å². The summed E-state index contributed by atoms with van der Waals surface area (Å²) in [7, 11) is 0. The molecule has 0 aromatic carbocycles. The van der Waals surface area contributed by atoms with E-state index in [1.807, 2.05) is 0 Å². The molecule has 0 aliphatic carbocycles. The van der Waals surface area contributed by atoms with E-state index in [2.05, 4.69) is 15.3 Å². The van der Waals surface area contributed by atoms with E-state index in [1.165, 1.54) is 12.5 Å². The van der Waals surface area contributed by atoms with Crippen molar-refractivity contribution in [3.05, 3.63) is 18.2 Å². The molecule has 9 nitrogen and oxygen atoms in total. The number of rotatable bonds is 7. The second-order valence-corrected chi connectivity index (χ2v) is 3.89. The molecule has 1 rings (SSSR count). The topological polar surface area (TPSA) is 158 Å². The Labute approximate surface area is 107 Å². The molecule has 9 heteroatoms. The number of aliphatic carboxylic acids is 2. The fourth-order valence-corrected chi connectivity index (χ4v) is 1.36. The normalized spacial score (nSPS) is 13.5. The molecule has 6 N–H and O–H groups in total. The number of carbonyl (C=O) groups excluding carboxylic acids is 1. The average molecular weight is 270 g/mol. The average Bonchev–Trinajstić information content (AvgIpc) is 2.80. The molecule has 0 spiro atoms. The van der Waals surface area contributed by atoms with Gasteiger partial charge in [-0.3, -0.25) is 9.59 Å². The van der Waals surface area contributed by atoms with Crippen molar-refractivity contribution in [3.8, 4) is 0 Å². The number of nitrogens with two attached hydrogens (primary N) is 1. The first-order chi connectivity index (χ1) is 8.90. The summed E-state index contributed by atoms with van der Waals surface area (Å²) in [5, 5.41) is 19.7. The second kappa shape index (κ2) is 6.50. The van der Waals surface area contributed by atoms with Crippen molar-refractivity contribution in [3.63, 3.8) is 0 Å². The Morgan fingerprint density at radius 1 is 1.37 bits per heavy atom. The SMILES string of the molecule is N[C@@H](CC(=O)NC(Cc1cnc[nH]1)C(=O)O)C(=O)O. The molecule has 2 atom stereocenters. The van der Waals surface area contributed by atoms with Crippen molar-refractivity contribution in [1.82, 2.24) is 15.3 Å². The fourth-order valence-electron chi connectivity index (χ4n) is 1.36. The fraction of sp³-hybridized carbons (Fsp3) is 0.400. The highest BCUT2D eigenvalue weighted by Gasteiger charge is 2.23. The van der Waals surface area contributed by atoms with Gasteiger partial charge in [-0.15, -0.1) is 0 Å². The van der Waals surface area contributed by atoms with E-state index in [1.54, 1.807) is 0 Å². The molecule has 0 radical (unpaired) electrons. The maximum atomic E-state index is 11.5. The molecule has 0 aliphatic heterocycles. The number of H-pyrrole nitrogens is 1. The van der Waals surface area contributed by atoms with Gasteiger partial charge in [-0.05, 0) is 0 Å². The zero-order valence-electron chi connectivity index (χ0n) is 9.87. The third kappa shape index (κ3) is 4.76. The van der Waals surface area contributed by atoms with E-state index in [0.717, 1.165) is 0 Å². The van der Waals surface area contributed by atoms with Crippen LogP contribution in [0.5, 0.6) is 0 Å². The van der Waals surface area contributed by atoms with Crippen molar-refractivity contribution in [2.24, 2.45) is 5.73 Å². The van der Waals surface area contributed by atoms with Crippen LogP contribution in [0.3, 0.4) is 0 Å². The highest BCUT2D eigenvalue weighted by Crippen LogP contribution is 2.00. The van der Waals surface area contributed by atoms with Crippen LogP contribution in [0.2, 0.25) is 0 Å². The summed E-state index contributed by atoms with van der Waals surface area (Å²) in [6.07, 6.45) is 2.35. The molecule has 1 aromatic rings. The Bertz CT molecular complexity index is 458. The van der Waals surface area contributed by atoms with Gasteiger partial charge in [-0.1, -0.05) is 0 Å². The number of carbonyl (C=O) groups is 3. The highest BCUT2D eigenvalue weighted by molar-refractivity contribution is 5.87. The van der Waals surface area contributed by atoms with Gasteiger partial charge < -0.3 is 26.2 Å². The number of carboxylic acids is 2. The van der Waals surface area contributed by atoms with Crippen molar-refractivity contribution < 1.29 is 24.6 Å². The molecular weight excluding hydrogens is 256 g/mol. The molecule has 19 heavy (non-hydrogen) atoms. The van der Waals surface area contributed by atoms with Gasteiger partial charge in [0, 0.05) is 18.3 Å². The van der Waals surface area contributed by atoms with Crippen molar-refractivity contribution >= 4 is 17.8 Å². The lowest BCUT2D eigenvalue weighted by atomic mass is 10.1. The summed E-state index contributed by atoms with van der Waals surface area (Å²) < 4.78 is 0. The predicted octanol–water partition coefficient (Wildman–Crippen LogP) is -1.68. The molecule has 1 unspecified atom stereocenters. The number of nitrogens with one attached hydrogen (secondary N) is 2. The zero-order chi connectivity index (χ0) is 14.4. The van der Waals surface area contributed by atoms with Gasteiger partial charge in [-0.2, -0.15) is 0 Å². The van der Waals surface area contributed by atoms with Gasteiger partial charge in [0.25, 0.3) is 0 Å². The molecule has 0 saturated carbocycles. The van der Waals surface area contributed by atoms with E-state index in [0.29, 0.717) is 5.69 Å². The van der Waals surface area contributed by atoms with Crippen LogP contribution in [0.1, 0.15) is 12.1 Å². The van der Waals surface area contributed by atoms with Crippen molar-refractivity contribution in [2.45, 2.75) is 24.9 Å². The number of carboxylic acid groups (broad SMARTS) is 2. The number of amides is 1. The molecule has 0 bridgehead atoms. The third-order valence-corrected chi connectivity index (χ3v) is 2.33.